The number of hydrogen-bond acceptors (Lipinski definition) is 4. The molecule has 0 saturated heterocycles. The second-order valence-electron chi connectivity index (χ2n) is 4.89. The Labute approximate surface area is 123 Å². The molecular formula is C15H23N2O4+. The van der Waals surface area contributed by atoms with Gasteiger partial charge in [0.2, 0.25) is 0 Å². The lowest BCUT2D eigenvalue weighted by Crippen LogP contribution is -2.51. The molecule has 0 amide bonds. The van der Waals surface area contributed by atoms with E-state index in [1.807, 2.05) is 24.4 Å². The Kier molecular flexibility index (Phi) is 6.01. The number of fused-ring (bicyclic) bond motifs is 1. The lowest BCUT2D eigenvalue weighted by molar-refractivity contribution is -0.366. The Morgan fingerprint density at radius 2 is 2.14 bits per heavy atom. The van der Waals surface area contributed by atoms with E-state index in [9.17, 15) is 5.11 Å². The fourth-order valence-corrected chi connectivity index (χ4v) is 2.17. The van der Waals surface area contributed by atoms with Gasteiger partial charge >= 0.3 is 0 Å². The van der Waals surface area contributed by atoms with Crippen LogP contribution in [0.4, 0.5) is 0 Å². The molecule has 0 bridgehead atoms. The van der Waals surface area contributed by atoms with Crippen LogP contribution in [0.3, 0.4) is 0 Å². The van der Waals surface area contributed by atoms with Gasteiger partial charge in [0.1, 0.15) is 18.5 Å². The van der Waals surface area contributed by atoms with Gasteiger partial charge in [0.25, 0.3) is 0 Å². The van der Waals surface area contributed by atoms with Crippen LogP contribution in [-0.4, -0.2) is 54.3 Å². The molecule has 6 heteroatoms. The van der Waals surface area contributed by atoms with Crippen molar-refractivity contribution in [3.8, 4) is 5.75 Å². The standard InChI is InChI=1S/C15H22N2O4/c16-4-3-11-8-17-15-2-1-13(7-14(11)15)21-10-12(19)9-20-6-5-18/h1-2,7-8,12,17-19H,3-6,9-10,16H2/p+1/t12-/m0/s1. The van der Waals surface area contributed by atoms with Crippen molar-refractivity contribution >= 4 is 10.9 Å². The van der Waals surface area contributed by atoms with Crippen LogP contribution in [0.2, 0.25) is 0 Å². The Morgan fingerprint density at radius 3 is 2.90 bits per heavy atom. The molecule has 6 N–H and O–H groups in total. The summed E-state index contributed by atoms with van der Waals surface area (Å²) in [5.41, 5.74) is 6.16. The smallest absolute Gasteiger partial charge is 0.120 e. The van der Waals surface area contributed by atoms with Crippen LogP contribution in [0.5, 0.6) is 5.75 Å². The van der Waals surface area contributed by atoms with Crippen molar-refractivity contribution in [1.82, 2.24) is 4.98 Å². The highest BCUT2D eigenvalue weighted by Gasteiger charge is 2.08. The summed E-state index contributed by atoms with van der Waals surface area (Å²) in [4.78, 5) is 3.22. The molecular weight excluding hydrogens is 272 g/mol. The van der Waals surface area contributed by atoms with Gasteiger partial charge in [0, 0.05) is 23.5 Å². The summed E-state index contributed by atoms with van der Waals surface area (Å²) in [5.74, 6) is 0.716. The zero-order valence-corrected chi connectivity index (χ0v) is 12.0. The third kappa shape index (κ3) is 4.44. The molecule has 2 aromatic rings. The van der Waals surface area contributed by atoms with Crippen LogP contribution in [0.15, 0.2) is 24.4 Å². The van der Waals surface area contributed by atoms with Crippen molar-refractivity contribution in [1.29, 1.82) is 0 Å². The first-order valence-electron chi connectivity index (χ1n) is 7.13. The number of ether oxygens (including phenoxy) is 2. The molecule has 116 valence electrons. The minimum Gasteiger partial charge on any atom is -0.491 e. The van der Waals surface area contributed by atoms with Crippen LogP contribution >= 0.6 is 0 Å². The topological polar surface area (TPSA) is 102 Å². The average molecular weight is 295 g/mol. The molecule has 0 aliphatic heterocycles. The van der Waals surface area contributed by atoms with E-state index in [0.717, 1.165) is 23.9 Å². The molecule has 1 heterocycles. The van der Waals surface area contributed by atoms with Gasteiger partial charge in [0.05, 0.1) is 26.4 Å². The minimum absolute atomic E-state index is 0.0488. The maximum absolute atomic E-state index is 9.70. The van der Waals surface area contributed by atoms with Crippen LogP contribution < -0.4 is 10.5 Å². The van der Waals surface area contributed by atoms with E-state index in [1.165, 1.54) is 5.56 Å². The maximum Gasteiger partial charge on any atom is 0.120 e. The van der Waals surface area contributed by atoms with Crippen molar-refractivity contribution in [2.24, 2.45) is 0 Å². The van der Waals surface area contributed by atoms with Gasteiger partial charge in [-0.3, -0.25) is 0 Å². The molecule has 2 rings (SSSR count). The Hall–Kier alpha value is -1.60. The largest absolute Gasteiger partial charge is 0.491 e. The van der Waals surface area contributed by atoms with E-state index in [1.54, 1.807) is 0 Å². The highest BCUT2D eigenvalue weighted by atomic mass is 16.5. The monoisotopic (exact) mass is 295 g/mol. The van der Waals surface area contributed by atoms with Crippen molar-refractivity contribution in [3.05, 3.63) is 30.0 Å². The molecule has 0 unspecified atom stereocenters. The van der Waals surface area contributed by atoms with E-state index < -0.39 is 6.10 Å². The maximum atomic E-state index is 9.70. The van der Waals surface area contributed by atoms with E-state index in [-0.39, 0.29) is 26.4 Å². The predicted octanol–water partition coefficient (Wildman–Crippen LogP) is -0.299. The van der Waals surface area contributed by atoms with Crippen LogP contribution in [0, 0.1) is 0 Å². The quantitative estimate of drug-likeness (QED) is 0.477. The zero-order valence-electron chi connectivity index (χ0n) is 12.0. The number of aliphatic hydroxyl groups excluding tert-OH is 2. The molecule has 1 aromatic carbocycles. The van der Waals surface area contributed by atoms with Gasteiger partial charge in [-0.2, -0.15) is 0 Å². The van der Waals surface area contributed by atoms with Crippen molar-refractivity contribution in [3.63, 3.8) is 0 Å². The molecule has 0 aliphatic rings. The lowest BCUT2D eigenvalue weighted by atomic mass is 10.1. The molecule has 0 fully saturated rings. The number of nitrogens with one attached hydrogen (secondary N) is 1. The predicted molar refractivity (Wildman–Crippen MR) is 79.2 cm³/mol. The number of hydrogen-bond donors (Lipinski definition) is 4. The number of aromatic nitrogens is 1. The summed E-state index contributed by atoms with van der Waals surface area (Å²) in [6, 6.07) is 5.80. The molecule has 1 atom stereocenters. The van der Waals surface area contributed by atoms with Gasteiger partial charge in [-0.25, -0.2) is 0 Å². The first-order chi connectivity index (χ1) is 10.2. The van der Waals surface area contributed by atoms with Crippen LogP contribution in [0.25, 0.3) is 10.9 Å². The van der Waals surface area contributed by atoms with Crippen molar-refractivity contribution < 1.29 is 25.4 Å². The molecule has 6 nitrogen and oxygen atoms in total. The van der Waals surface area contributed by atoms with E-state index in [2.05, 4.69) is 10.7 Å². The number of H-pyrrole nitrogens is 1. The number of quaternary nitrogens is 1. The molecule has 0 aliphatic carbocycles. The summed E-state index contributed by atoms with van der Waals surface area (Å²) < 4.78 is 10.6. The number of benzene rings is 1. The summed E-state index contributed by atoms with van der Waals surface area (Å²) >= 11 is 0. The zero-order chi connectivity index (χ0) is 15.1. The van der Waals surface area contributed by atoms with Crippen LogP contribution in [0.1, 0.15) is 5.56 Å². The Morgan fingerprint density at radius 1 is 1.29 bits per heavy atom. The first-order valence-corrected chi connectivity index (χ1v) is 7.13. The highest BCUT2D eigenvalue weighted by molar-refractivity contribution is 5.84. The van der Waals surface area contributed by atoms with Gasteiger partial charge in [-0.1, -0.05) is 0 Å². The average Bonchev–Trinajstić information content (AvgIpc) is 2.88. The van der Waals surface area contributed by atoms with E-state index >= 15 is 0 Å². The van der Waals surface area contributed by atoms with E-state index in [0.29, 0.717) is 5.75 Å². The van der Waals surface area contributed by atoms with Gasteiger partial charge in [-0.15, -0.1) is 0 Å². The van der Waals surface area contributed by atoms with Crippen molar-refractivity contribution in [2.75, 3.05) is 33.0 Å². The lowest BCUT2D eigenvalue weighted by Gasteiger charge is -2.12. The van der Waals surface area contributed by atoms with Crippen molar-refractivity contribution in [2.45, 2.75) is 12.5 Å². The molecule has 0 radical (unpaired) electrons. The molecule has 1 aromatic heterocycles. The summed E-state index contributed by atoms with van der Waals surface area (Å²) in [5, 5.41) is 19.4. The van der Waals surface area contributed by atoms with Crippen LogP contribution in [-0.2, 0) is 11.2 Å². The van der Waals surface area contributed by atoms with E-state index in [4.69, 9.17) is 14.6 Å². The third-order valence-corrected chi connectivity index (χ3v) is 3.17. The fraction of sp³-hybridized carbons (Fsp3) is 0.467. The van der Waals surface area contributed by atoms with Gasteiger partial charge < -0.3 is 30.4 Å². The summed E-state index contributed by atoms with van der Waals surface area (Å²) in [6.45, 7) is 1.33. The second kappa shape index (κ2) is 7.99. The molecule has 21 heavy (non-hydrogen) atoms. The van der Waals surface area contributed by atoms with Gasteiger partial charge in [0.15, 0.2) is 0 Å². The fourth-order valence-electron chi connectivity index (χ4n) is 2.17. The molecule has 0 saturated carbocycles. The number of aliphatic hydroxyl groups is 2. The number of rotatable bonds is 9. The number of aromatic amines is 1. The normalized spacial score (nSPS) is 12.7. The SMILES string of the molecule is [NH3+]CCc1c[nH]c2ccc(OC[C@@H](O)COCCO)cc12. The Balaban J connectivity index is 1.94. The minimum atomic E-state index is -0.710. The first kappa shape index (κ1) is 15.8. The van der Waals surface area contributed by atoms with Gasteiger partial charge in [-0.05, 0) is 23.8 Å². The summed E-state index contributed by atoms with van der Waals surface area (Å²) in [6.07, 6.45) is 2.20. The summed E-state index contributed by atoms with van der Waals surface area (Å²) in [7, 11) is 0. The highest BCUT2D eigenvalue weighted by Crippen LogP contribution is 2.24. The molecule has 0 spiro atoms. The second-order valence-corrected chi connectivity index (χ2v) is 4.89. The Bertz CT molecular complexity index is 556. The third-order valence-electron chi connectivity index (χ3n) is 3.17.